The van der Waals surface area contributed by atoms with Gasteiger partial charge in [-0.1, -0.05) is 0 Å². The summed E-state index contributed by atoms with van der Waals surface area (Å²) >= 11 is 0. The third-order valence-corrected chi connectivity index (χ3v) is 3.77. The molecule has 1 aromatic carbocycles. The predicted octanol–water partition coefficient (Wildman–Crippen LogP) is 1.78. The standard InChI is InChI=1S/C17H19N3O5/c21-16(22)11-20-8-5-15(19-20)18-17(23)12-1-3-13(4-2-12)25-14-6-9-24-10-7-14/h1-5,8,14H,6-7,9-11H2,(H,21,22)(H,18,19,23). The van der Waals surface area contributed by atoms with E-state index in [1.165, 1.54) is 10.9 Å². The molecular formula is C17H19N3O5. The van der Waals surface area contributed by atoms with E-state index in [1.54, 1.807) is 30.3 Å². The van der Waals surface area contributed by atoms with E-state index in [9.17, 15) is 9.59 Å². The van der Waals surface area contributed by atoms with Gasteiger partial charge in [-0.05, 0) is 24.3 Å². The fourth-order valence-electron chi connectivity index (χ4n) is 2.51. The van der Waals surface area contributed by atoms with Crippen LogP contribution in [0, 0.1) is 0 Å². The highest BCUT2D eigenvalue weighted by atomic mass is 16.5. The van der Waals surface area contributed by atoms with Crippen LogP contribution in [0.2, 0.25) is 0 Å². The molecule has 0 bridgehead atoms. The topological polar surface area (TPSA) is 103 Å². The molecule has 8 nitrogen and oxygen atoms in total. The first kappa shape index (κ1) is 17.0. The number of amides is 1. The summed E-state index contributed by atoms with van der Waals surface area (Å²) in [5.41, 5.74) is 0.465. The van der Waals surface area contributed by atoms with Crippen LogP contribution in [0.25, 0.3) is 0 Å². The Balaban J connectivity index is 1.56. The number of hydrogen-bond acceptors (Lipinski definition) is 5. The van der Waals surface area contributed by atoms with Gasteiger partial charge >= 0.3 is 5.97 Å². The highest BCUT2D eigenvalue weighted by Crippen LogP contribution is 2.19. The summed E-state index contributed by atoms with van der Waals surface area (Å²) in [7, 11) is 0. The Hall–Kier alpha value is -2.87. The van der Waals surface area contributed by atoms with E-state index >= 15 is 0 Å². The smallest absolute Gasteiger partial charge is 0.325 e. The van der Waals surface area contributed by atoms with Crippen molar-refractivity contribution in [2.75, 3.05) is 18.5 Å². The summed E-state index contributed by atoms with van der Waals surface area (Å²) in [6.45, 7) is 1.16. The molecule has 3 rings (SSSR count). The number of aliphatic carboxylic acids is 1. The minimum Gasteiger partial charge on any atom is -0.490 e. The molecular weight excluding hydrogens is 326 g/mol. The van der Waals surface area contributed by atoms with E-state index < -0.39 is 5.97 Å². The average Bonchev–Trinajstić information content (AvgIpc) is 3.02. The van der Waals surface area contributed by atoms with Crippen molar-refractivity contribution in [3.8, 4) is 5.75 Å². The van der Waals surface area contributed by atoms with E-state index in [1.807, 2.05) is 0 Å². The summed E-state index contributed by atoms with van der Waals surface area (Å²) in [5.74, 6) is -0.303. The van der Waals surface area contributed by atoms with E-state index in [-0.39, 0.29) is 18.6 Å². The van der Waals surface area contributed by atoms with Gasteiger partial charge in [0.1, 0.15) is 18.4 Å². The van der Waals surface area contributed by atoms with E-state index in [0.29, 0.717) is 30.3 Å². The van der Waals surface area contributed by atoms with Gasteiger partial charge in [-0.2, -0.15) is 5.10 Å². The van der Waals surface area contributed by atoms with Gasteiger partial charge in [-0.3, -0.25) is 14.3 Å². The summed E-state index contributed by atoms with van der Waals surface area (Å²) < 4.78 is 12.4. The predicted molar refractivity (Wildman–Crippen MR) is 88.7 cm³/mol. The van der Waals surface area contributed by atoms with Gasteiger partial charge in [0.15, 0.2) is 5.82 Å². The molecule has 8 heteroatoms. The van der Waals surface area contributed by atoms with Crippen molar-refractivity contribution in [2.45, 2.75) is 25.5 Å². The lowest BCUT2D eigenvalue weighted by Crippen LogP contribution is -2.25. The second-order valence-corrected chi connectivity index (χ2v) is 5.70. The third kappa shape index (κ3) is 4.80. The van der Waals surface area contributed by atoms with Crippen molar-refractivity contribution in [2.24, 2.45) is 0 Å². The molecule has 0 atom stereocenters. The number of carbonyl (C=O) groups excluding carboxylic acids is 1. The van der Waals surface area contributed by atoms with Gasteiger partial charge in [-0.15, -0.1) is 0 Å². The largest absolute Gasteiger partial charge is 0.490 e. The van der Waals surface area contributed by atoms with Crippen LogP contribution in [-0.2, 0) is 16.1 Å². The number of nitrogens with one attached hydrogen (secondary N) is 1. The molecule has 0 unspecified atom stereocenters. The fourth-order valence-corrected chi connectivity index (χ4v) is 2.51. The Labute approximate surface area is 144 Å². The lowest BCUT2D eigenvalue weighted by Gasteiger charge is -2.23. The van der Waals surface area contributed by atoms with Crippen molar-refractivity contribution in [3.63, 3.8) is 0 Å². The quantitative estimate of drug-likeness (QED) is 0.827. The maximum Gasteiger partial charge on any atom is 0.325 e. The molecule has 1 aromatic heterocycles. The number of ether oxygens (including phenoxy) is 2. The fraction of sp³-hybridized carbons (Fsp3) is 0.353. The second-order valence-electron chi connectivity index (χ2n) is 5.70. The maximum atomic E-state index is 12.2. The van der Waals surface area contributed by atoms with Crippen LogP contribution < -0.4 is 10.1 Å². The molecule has 2 aromatic rings. The van der Waals surface area contributed by atoms with Crippen LogP contribution in [0.5, 0.6) is 5.75 Å². The van der Waals surface area contributed by atoms with Crippen molar-refractivity contribution in [1.82, 2.24) is 9.78 Å². The molecule has 1 saturated heterocycles. The van der Waals surface area contributed by atoms with Crippen molar-refractivity contribution in [1.29, 1.82) is 0 Å². The van der Waals surface area contributed by atoms with Gasteiger partial charge in [0.25, 0.3) is 5.91 Å². The monoisotopic (exact) mass is 345 g/mol. The molecule has 2 heterocycles. The molecule has 0 saturated carbocycles. The zero-order valence-electron chi connectivity index (χ0n) is 13.6. The van der Waals surface area contributed by atoms with Crippen LogP contribution in [0.15, 0.2) is 36.5 Å². The van der Waals surface area contributed by atoms with Crippen molar-refractivity contribution in [3.05, 3.63) is 42.1 Å². The lowest BCUT2D eigenvalue weighted by atomic mass is 10.1. The minimum absolute atomic E-state index is 0.145. The Bertz CT molecular complexity index is 735. The van der Waals surface area contributed by atoms with Crippen LogP contribution in [0.3, 0.4) is 0 Å². The average molecular weight is 345 g/mol. The SMILES string of the molecule is O=C(O)Cn1ccc(NC(=O)c2ccc(OC3CCOCC3)cc2)n1. The van der Waals surface area contributed by atoms with Gasteiger partial charge < -0.3 is 19.9 Å². The summed E-state index contributed by atoms with van der Waals surface area (Å²) in [5, 5.41) is 15.3. The minimum atomic E-state index is -0.999. The normalized spacial score (nSPS) is 14.9. The van der Waals surface area contributed by atoms with E-state index in [4.69, 9.17) is 14.6 Å². The highest BCUT2D eigenvalue weighted by Gasteiger charge is 2.15. The second kappa shape index (κ2) is 7.80. The van der Waals surface area contributed by atoms with Gasteiger partial charge in [0, 0.05) is 30.7 Å². The zero-order valence-corrected chi connectivity index (χ0v) is 13.6. The van der Waals surface area contributed by atoms with Crippen LogP contribution in [0.1, 0.15) is 23.2 Å². The molecule has 1 aliphatic rings. The number of hydrogen-bond donors (Lipinski definition) is 2. The highest BCUT2D eigenvalue weighted by molar-refractivity contribution is 6.03. The first-order chi connectivity index (χ1) is 12.1. The van der Waals surface area contributed by atoms with Crippen LogP contribution in [0.4, 0.5) is 5.82 Å². The Morgan fingerprint density at radius 3 is 2.64 bits per heavy atom. The number of rotatable bonds is 6. The number of carbonyl (C=O) groups is 2. The summed E-state index contributed by atoms with van der Waals surface area (Å²) in [6, 6.07) is 8.42. The maximum absolute atomic E-state index is 12.2. The molecule has 25 heavy (non-hydrogen) atoms. The van der Waals surface area contributed by atoms with E-state index in [0.717, 1.165) is 12.8 Å². The Morgan fingerprint density at radius 2 is 1.96 bits per heavy atom. The van der Waals surface area contributed by atoms with Crippen molar-refractivity contribution >= 4 is 17.7 Å². The summed E-state index contributed by atoms with van der Waals surface area (Å²) in [6.07, 6.45) is 3.36. The van der Waals surface area contributed by atoms with Crippen LogP contribution >= 0.6 is 0 Å². The number of nitrogens with zero attached hydrogens (tertiary/aromatic N) is 2. The van der Waals surface area contributed by atoms with Gasteiger partial charge in [-0.25, -0.2) is 0 Å². The first-order valence-electron chi connectivity index (χ1n) is 8.01. The number of benzene rings is 1. The first-order valence-corrected chi connectivity index (χ1v) is 8.01. The number of anilines is 1. The van der Waals surface area contributed by atoms with Gasteiger partial charge in [0.2, 0.25) is 0 Å². The molecule has 1 fully saturated rings. The van der Waals surface area contributed by atoms with E-state index in [2.05, 4.69) is 10.4 Å². The molecule has 0 aliphatic carbocycles. The Kier molecular flexibility index (Phi) is 5.30. The zero-order chi connectivity index (χ0) is 17.6. The molecule has 0 spiro atoms. The van der Waals surface area contributed by atoms with Crippen molar-refractivity contribution < 1.29 is 24.2 Å². The molecule has 0 radical (unpaired) electrons. The lowest BCUT2D eigenvalue weighted by molar-refractivity contribution is -0.137. The Morgan fingerprint density at radius 1 is 1.24 bits per heavy atom. The number of carboxylic acids is 1. The molecule has 1 amide bonds. The van der Waals surface area contributed by atoms with Gasteiger partial charge in [0.05, 0.1) is 13.2 Å². The number of aromatic nitrogens is 2. The summed E-state index contributed by atoms with van der Waals surface area (Å²) in [4.78, 5) is 22.8. The third-order valence-electron chi connectivity index (χ3n) is 3.77. The molecule has 2 N–H and O–H groups in total. The van der Waals surface area contributed by atoms with Crippen LogP contribution in [-0.4, -0.2) is 46.1 Å². The number of carboxylic acid groups (broad SMARTS) is 1. The molecule has 132 valence electrons. The molecule has 1 aliphatic heterocycles.